The predicted molar refractivity (Wildman–Crippen MR) is 52.7 cm³/mol. The zero-order chi connectivity index (χ0) is 10.8. The van der Waals surface area contributed by atoms with Gasteiger partial charge in [0.1, 0.15) is 11.5 Å². The molecule has 2 aromatic rings. The summed E-state index contributed by atoms with van der Waals surface area (Å²) < 4.78 is 14.4. The first-order valence-corrected chi connectivity index (χ1v) is 4.53. The Labute approximate surface area is 85.7 Å². The third kappa shape index (κ3) is 2.12. The minimum absolute atomic E-state index is 0.113. The molecule has 0 spiro atoms. The second-order valence-electron chi connectivity index (χ2n) is 3.25. The molecule has 0 saturated heterocycles. The van der Waals surface area contributed by atoms with E-state index in [9.17, 15) is 9.18 Å². The van der Waals surface area contributed by atoms with Crippen LogP contribution >= 0.6 is 0 Å². The fraction of sp³-hybridized carbons (Fsp3) is 0.200. The summed E-state index contributed by atoms with van der Waals surface area (Å²) in [7, 11) is 0. The number of carbonyl (C=O) groups is 1. The highest BCUT2D eigenvalue weighted by Crippen LogP contribution is 2.06. The van der Waals surface area contributed by atoms with Crippen molar-refractivity contribution in [1.29, 1.82) is 0 Å². The minimum Gasteiger partial charge on any atom is -0.351 e. The van der Waals surface area contributed by atoms with Gasteiger partial charge < -0.3 is 9.72 Å². The summed E-state index contributed by atoms with van der Waals surface area (Å²) in [5.41, 5.74) is 1.37. The number of fused-ring (bicyclic) bond motifs is 1. The third-order valence-corrected chi connectivity index (χ3v) is 1.98. The van der Waals surface area contributed by atoms with Gasteiger partial charge in [-0.3, -0.25) is 4.79 Å². The van der Waals surface area contributed by atoms with Gasteiger partial charge in [0.05, 0.1) is 12.2 Å². The van der Waals surface area contributed by atoms with Crippen molar-refractivity contribution in [2.75, 3.05) is 0 Å². The van der Waals surface area contributed by atoms with E-state index in [0.717, 1.165) is 0 Å². The molecule has 0 aliphatic heterocycles. The number of aromatic nitrogens is 2. The van der Waals surface area contributed by atoms with Crippen molar-refractivity contribution >= 4 is 11.6 Å². The van der Waals surface area contributed by atoms with Crippen molar-refractivity contribution in [3.8, 4) is 0 Å². The van der Waals surface area contributed by atoms with Crippen LogP contribution in [0.15, 0.2) is 24.5 Å². The number of hydrogen-bond acceptors (Lipinski definition) is 2. The quantitative estimate of drug-likeness (QED) is 0.801. The fourth-order valence-corrected chi connectivity index (χ4v) is 1.32. The van der Waals surface area contributed by atoms with Crippen molar-refractivity contribution in [3.05, 3.63) is 36.0 Å². The molecule has 0 atom stereocenters. The Balaban J connectivity index is 2.27. The van der Waals surface area contributed by atoms with Crippen LogP contribution in [0, 0.1) is 5.82 Å². The van der Waals surface area contributed by atoms with Gasteiger partial charge in [-0.05, 0) is 12.1 Å². The molecule has 2 aromatic heterocycles. The first kappa shape index (κ1) is 9.64. The number of imidazole rings is 1. The molecule has 4 nitrogen and oxygen atoms in total. The molecule has 0 aliphatic carbocycles. The number of pyridine rings is 1. The highest BCUT2D eigenvalue weighted by Gasteiger charge is 2.02. The molecule has 0 bridgehead atoms. The molecule has 15 heavy (non-hydrogen) atoms. The highest BCUT2D eigenvalue weighted by molar-refractivity contribution is 5.72. The molecule has 0 fully saturated rings. The molecule has 0 aliphatic rings. The molecule has 0 unspecified atom stereocenters. The largest absolute Gasteiger partial charge is 0.351 e. The maximum atomic E-state index is 12.8. The standard InChI is InChI=1S/C10H10FN3O/c1-7(15)12-4-9-6-14-5-8(11)2-3-10(14)13-9/h2-3,5-6H,4H2,1H3,(H,12,15). The van der Waals surface area contributed by atoms with E-state index in [0.29, 0.717) is 17.9 Å². The Bertz CT molecular complexity index is 506. The Hall–Kier alpha value is -1.91. The third-order valence-electron chi connectivity index (χ3n) is 1.98. The van der Waals surface area contributed by atoms with Crippen LogP contribution in [-0.2, 0) is 11.3 Å². The number of nitrogens with zero attached hydrogens (tertiary/aromatic N) is 2. The lowest BCUT2D eigenvalue weighted by molar-refractivity contribution is -0.119. The lowest BCUT2D eigenvalue weighted by Gasteiger charge is -1.95. The number of rotatable bonds is 2. The number of halogens is 1. The summed E-state index contributed by atoms with van der Waals surface area (Å²) in [6.45, 7) is 1.80. The van der Waals surface area contributed by atoms with E-state index >= 15 is 0 Å². The van der Waals surface area contributed by atoms with Gasteiger partial charge in [0.2, 0.25) is 5.91 Å². The minimum atomic E-state index is -0.314. The Morgan fingerprint density at radius 1 is 1.53 bits per heavy atom. The zero-order valence-corrected chi connectivity index (χ0v) is 8.20. The van der Waals surface area contributed by atoms with E-state index < -0.39 is 0 Å². The van der Waals surface area contributed by atoms with E-state index in [1.807, 2.05) is 0 Å². The average Bonchev–Trinajstić information content (AvgIpc) is 2.56. The molecule has 78 valence electrons. The molecule has 1 amide bonds. The van der Waals surface area contributed by atoms with Crippen LogP contribution in [0.5, 0.6) is 0 Å². The summed E-state index contributed by atoms with van der Waals surface area (Å²) in [5.74, 6) is -0.427. The molecule has 5 heteroatoms. The van der Waals surface area contributed by atoms with Crippen LogP contribution in [0.4, 0.5) is 4.39 Å². The fourth-order valence-electron chi connectivity index (χ4n) is 1.32. The maximum Gasteiger partial charge on any atom is 0.217 e. The summed E-state index contributed by atoms with van der Waals surface area (Å²) in [6.07, 6.45) is 3.04. The van der Waals surface area contributed by atoms with Gasteiger partial charge in [-0.2, -0.15) is 0 Å². The summed E-state index contributed by atoms with van der Waals surface area (Å²) in [4.78, 5) is 14.9. The molecule has 2 heterocycles. The first-order valence-electron chi connectivity index (χ1n) is 4.53. The van der Waals surface area contributed by atoms with E-state index in [2.05, 4.69) is 10.3 Å². The molecule has 2 rings (SSSR count). The Kier molecular flexibility index (Phi) is 2.37. The predicted octanol–water partition coefficient (Wildman–Crippen LogP) is 1.11. The van der Waals surface area contributed by atoms with Crippen LogP contribution in [0.2, 0.25) is 0 Å². The van der Waals surface area contributed by atoms with E-state index in [-0.39, 0.29) is 11.7 Å². The smallest absolute Gasteiger partial charge is 0.217 e. The van der Waals surface area contributed by atoms with Gasteiger partial charge in [0, 0.05) is 19.3 Å². The molecule has 0 radical (unpaired) electrons. The lowest BCUT2D eigenvalue weighted by Crippen LogP contribution is -2.18. The van der Waals surface area contributed by atoms with Crippen LogP contribution in [0.3, 0.4) is 0 Å². The summed E-state index contributed by atoms with van der Waals surface area (Å²) in [5, 5.41) is 2.63. The van der Waals surface area contributed by atoms with Crippen molar-refractivity contribution in [2.24, 2.45) is 0 Å². The molecular weight excluding hydrogens is 197 g/mol. The number of carbonyl (C=O) groups excluding carboxylic acids is 1. The normalized spacial score (nSPS) is 10.5. The summed E-state index contributed by atoms with van der Waals surface area (Å²) in [6, 6.07) is 2.94. The zero-order valence-electron chi connectivity index (χ0n) is 8.20. The van der Waals surface area contributed by atoms with Crippen LogP contribution < -0.4 is 5.32 Å². The topological polar surface area (TPSA) is 46.4 Å². The van der Waals surface area contributed by atoms with E-state index in [1.54, 1.807) is 16.7 Å². The van der Waals surface area contributed by atoms with Crippen molar-refractivity contribution in [1.82, 2.24) is 14.7 Å². The maximum absolute atomic E-state index is 12.8. The number of hydrogen-bond donors (Lipinski definition) is 1. The highest BCUT2D eigenvalue weighted by atomic mass is 19.1. The molecule has 0 saturated carbocycles. The average molecular weight is 207 g/mol. The van der Waals surface area contributed by atoms with Crippen molar-refractivity contribution < 1.29 is 9.18 Å². The van der Waals surface area contributed by atoms with Gasteiger partial charge in [-0.25, -0.2) is 9.37 Å². The molecule has 1 N–H and O–H groups in total. The van der Waals surface area contributed by atoms with Crippen LogP contribution in [-0.4, -0.2) is 15.3 Å². The van der Waals surface area contributed by atoms with Gasteiger partial charge in [0.25, 0.3) is 0 Å². The van der Waals surface area contributed by atoms with Gasteiger partial charge in [-0.1, -0.05) is 0 Å². The van der Waals surface area contributed by atoms with Gasteiger partial charge in [-0.15, -0.1) is 0 Å². The van der Waals surface area contributed by atoms with Crippen LogP contribution in [0.25, 0.3) is 5.65 Å². The van der Waals surface area contributed by atoms with E-state index in [4.69, 9.17) is 0 Å². The lowest BCUT2D eigenvalue weighted by atomic mass is 10.4. The molecular formula is C10H10FN3O. The monoisotopic (exact) mass is 207 g/mol. The van der Waals surface area contributed by atoms with Crippen molar-refractivity contribution in [2.45, 2.75) is 13.5 Å². The first-order chi connectivity index (χ1) is 7.15. The van der Waals surface area contributed by atoms with E-state index in [1.165, 1.54) is 19.2 Å². The van der Waals surface area contributed by atoms with Gasteiger partial charge in [0.15, 0.2) is 0 Å². The number of amides is 1. The van der Waals surface area contributed by atoms with Gasteiger partial charge >= 0.3 is 0 Å². The summed E-state index contributed by atoms with van der Waals surface area (Å²) >= 11 is 0. The Morgan fingerprint density at radius 2 is 2.33 bits per heavy atom. The Morgan fingerprint density at radius 3 is 3.07 bits per heavy atom. The molecule has 0 aromatic carbocycles. The number of nitrogens with one attached hydrogen (secondary N) is 1. The van der Waals surface area contributed by atoms with Crippen molar-refractivity contribution in [3.63, 3.8) is 0 Å². The second-order valence-corrected chi connectivity index (χ2v) is 3.25. The SMILES string of the molecule is CC(=O)NCc1cn2cc(F)ccc2n1. The van der Waals surface area contributed by atoms with Crippen LogP contribution in [0.1, 0.15) is 12.6 Å². The second kappa shape index (κ2) is 3.68.